The number of carbonyl (C=O) groups excluding carboxylic acids is 1. The molecule has 190 valence electrons. The molecule has 0 radical (unpaired) electrons. The first kappa shape index (κ1) is 24.4. The first-order valence-corrected chi connectivity index (χ1v) is 12.8. The van der Waals surface area contributed by atoms with Crippen LogP contribution in [-0.2, 0) is 17.8 Å². The maximum Gasteiger partial charge on any atom is 0.253 e. The third kappa shape index (κ3) is 6.28. The molecule has 2 aromatic carbocycles. The molecule has 0 atom stereocenters. The fourth-order valence-corrected chi connectivity index (χ4v) is 4.97. The maximum atomic E-state index is 13.1. The Morgan fingerprint density at radius 3 is 2.44 bits per heavy atom. The Morgan fingerprint density at radius 2 is 1.72 bits per heavy atom. The molecule has 0 unspecified atom stereocenters. The van der Waals surface area contributed by atoms with Gasteiger partial charge in [-0.3, -0.25) is 9.69 Å². The molecule has 1 aromatic heterocycles. The van der Waals surface area contributed by atoms with E-state index in [4.69, 9.17) is 13.9 Å². The highest BCUT2D eigenvalue weighted by atomic mass is 16.5. The molecule has 2 saturated heterocycles. The Kier molecular flexibility index (Phi) is 7.88. The summed E-state index contributed by atoms with van der Waals surface area (Å²) in [6, 6.07) is 18.3. The lowest BCUT2D eigenvalue weighted by Crippen LogP contribution is -2.41. The summed E-state index contributed by atoms with van der Waals surface area (Å²) in [6.07, 6.45) is 5.29. The minimum absolute atomic E-state index is 0.102. The van der Waals surface area contributed by atoms with E-state index in [9.17, 15) is 4.79 Å². The molecule has 2 aliphatic rings. The zero-order valence-corrected chi connectivity index (χ0v) is 21.0. The third-order valence-corrected chi connectivity index (χ3v) is 6.91. The van der Waals surface area contributed by atoms with Crippen LogP contribution in [0.2, 0.25) is 0 Å². The van der Waals surface area contributed by atoms with Gasteiger partial charge in [0.05, 0.1) is 25.7 Å². The third-order valence-electron chi connectivity index (χ3n) is 6.91. The minimum atomic E-state index is 0.102. The normalized spacial score (nSPS) is 16.9. The Balaban J connectivity index is 1.10. The van der Waals surface area contributed by atoms with Crippen molar-refractivity contribution in [2.45, 2.75) is 32.0 Å². The largest absolute Gasteiger partial charge is 0.490 e. The quantitative estimate of drug-likeness (QED) is 0.467. The summed E-state index contributed by atoms with van der Waals surface area (Å²) in [7, 11) is 2.10. The molecule has 0 N–H and O–H groups in total. The standard InChI is InChI=1S/C29H35N3O4/c1-30(21-24-11-16-35-22-24)20-23-3-2-4-28(19-23)36-27-9-12-32(13-10-27)29(33)25-5-7-26(8-6-25)31-14-17-34-18-15-31/h2-8,11,16,19,22,27H,9-10,12-15,17-18,20-21H2,1H3. The van der Waals surface area contributed by atoms with E-state index in [0.717, 1.165) is 69.2 Å². The number of nitrogens with zero attached hydrogens (tertiary/aromatic N) is 3. The van der Waals surface area contributed by atoms with Crippen LogP contribution in [0.15, 0.2) is 71.5 Å². The van der Waals surface area contributed by atoms with E-state index < -0.39 is 0 Å². The van der Waals surface area contributed by atoms with Crippen LogP contribution in [0.3, 0.4) is 0 Å². The lowest BCUT2D eigenvalue weighted by Gasteiger charge is -2.32. The van der Waals surface area contributed by atoms with Gasteiger partial charge < -0.3 is 23.7 Å². The highest BCUT2D eigenvalue weighted by molar-refractivity contribution is 5.94. The first-order valence-electron chi connectivity index (χ1n) is 12.8. The van der Waals surface area contributed by atoms with E-state index in [0.29, 0.717) is 13.1 Å². The van der Waals surface area contributed by atoms with Crippen LogP contribution in [-0.4, -0.2) is 68.3 Å². The average Bonchev–Trinajstić information content (AvgIpc) is 3.42. The van der Waals surface area contributed by atoms with Crippen molar-refractivity contribution < 1.29 is 18.7 Å². The van der Waals surface area contributed by atoms with E-state index in [1.54, 1.807) is 12.5 Å². The number of hydrogen-bond donors (Lipinski definition) is 0. The van der Waals surface area contributed by atoms with Crippen LogP contribution >= 0.6 is 0 Å². The molecule has 3 aromatic rings. The Hall–Kier alpha value is -3.29. The van der Waals surface area contributed by atoms with E-state index in [1.807, 2.05) is 41.3 Å². The number of piperidine rings is 1. The fraction of sp³-hybridized carbons (Fsp3) is 0.414. The average molecular weight is 490 g/mol. The van der Waals surface area contributed by atoms with Crippen molar-refractivity contribution in [1.29, 1.82) is 0 Å². The number of morpholine rings is 1. The van der Waals surface area contributed by atoms with Gasteiger partial charge in [0.1, 0.15) is 11.9 Å². The number of anilines is 1. The summed E-state index contributed by atoms with van der Waals surface area (Å²) < 4.78 is 16.9. The fourth-order valence-electron chi connectivity index (χ4n) is 4.97. The molecule has 0 saturated carbocycles. The van der Waals surface area contributed by atoms with Crippen molar-refractivity contribution in [3.63, 3.8) is 0 Å². The zero-order valence-electron chi connectivity index (χ0n) is 21.0. The highest BCUT2D eigenvalue weighted by Crippen LogP contribution is 2.23. The zero-order chi connectivity index (χ0) is 24.7. The molecule has 3 heterocycles. The number of benzene rings is 2. The number of furan rings is 1. The number of ether oxygens (including phenoxy) is 2. The molecular formula is C29H35N3O4. The van der Waals surface area contributed by atoms with Gasteiger partial charge in [0.2, 0.25) is 0 Å². The predicted octanol–water partition coefficient (Wildman–Crippen LogP) is 4.43. The van der Waals surface area contributed by atoms with Crippen molar-refractivity contribution in [2.24, 2.45) is 0 Å². The van der Waals surface area contributed by atoms with Gasteiger partial charge in [-0.25, -0.2) is 0 Å². The van der Waals surface area contributed by atoms with Crippen LogP contribution in [0, 0.1) is 0 Å². The van der Waals surface area contributed by atoms with Crippen LogP contribution in [0.4, 0.5) is 5.69 Å². The molecule has 7 heteroatoms. The molecule has 0 aliphatic carbocycles. The van der Waals surface area contributed by atoms with Crippen molar-refractivity contribution in [3.8, 4) is 5.75 Å². The summed E-state index contributed by atoms with van der Waals surface area (Å²) in [4.78, 5) is 19.6. The van der Waals surface area contributed by atoms with Gasteiger partial charge in [0, 0.05) is 68.9 Å². The van der Waals surface area contributed by atoms with Gasteiger partial charge in [-0.2, -0.15) is 0 Å². The van der Waals surface area contributed by atoms with Crippen molar-refractivity contribution in [1.82, 2.24) is 9.80 Å². The van der Waals surface area contributed by atoms with Crippen molar-refractivity contribution >= 4 is 11.6 Å². The van der Waals surface area contributed by atoms with E-state index >= 15 is 0 Å². The van der Waals surface area contributed by atoms with Gasteiger partial charge in [0.25, 0.3) is 5.91 Å². The predicted molar refractivity (Wildman–Crippen MR) is 139 cm³/mol. The van der Waals surface area contributed by atoms with Crippen molar-refractivity contribution in [3.05, 3.63) is 83.8 Å². The Bertz CT molecular complexity index is 1100. The van der Waals surface area contributed by atoms with Crippen molar-refractivity contribution in [2.75, 3.05) is 51.3 Å². The van der Waals surface area contributed by atoms with Gasteiger partial charge in [-0.1, -0.05) is 12.1 Å². The van der Waals surface area contributed by atoms with Gasteiger partial charge in [-0.05, 0) is 55.1 Å². The summed E-state index contributed by atoms with van der Waals surface area (Å²) in [5, 5.41) is 0. The van der Waals surface area contributed by atoms with E-state index in [2.05, 4.69) is 35.0 Å². The summed E-state index contributed by atoms with van der Waals surface area (Å²) in [5.41, 5.74) is 4.28. The number of amides is 1. The molecule has 7 nitrogen and oxygen atoms in total. The van der Waals surface area contributed by atoms with E-state index in [-0.39, 0.29) is 12.0 Å². The molecule has 36 heavy (non-hydrogen) atoms. The molecular weight excluding hydrogens is 454 g/mol. The number of likely N-dealkylation sites (tertiary alicyclic amines) is 1. The van der Waals surface area contributed by atoms with Gasteiger partial charge >= 0.3 is 0 Å². The smallest absolute Gasteiger partial charge is 0.253 e. The number of hydrogen-bond acceptors (Lipinski definition) is 6. The highest BCUT2D eigenvalue weighted by Gasteiger charge is 2.25. The molecule has 0 bridgehead atoms. The van der Waals surface area contributed by atoms with Crippen LogP contribution in [0.5, 0.6) is 5.75 Å². The molecule has 0 spiro atoms. The first-order chi connectivity index (χ1) is 17.6. The van der Waals surface area contributed by atoms with Crippen LogP contribution in [0.1, 0.15) is 34.3 Å². The molecule has 1 amide bonds. The summed E-state index contributed by atoms with van der Waals surface area (Å²) >= 11 is 0. The second kappa shape index (κ2) is 11.6. The number of rotatable bonds is 8. The number of carbonyl (C=O) groups is 1. The topological polar surface area (TPSA) is 58.4 Å². The molecule has 5 rings (SSSR count). The molecule has 2 fully saturated rings. The summed E-state index contributed by atoms with van der Waals surface area (Å²) in [6.45, 7) is 6.39. The van der Waals surface area contributed by atoms with Crippen LogP contribution in [0.25, 0.3) is 0 Å². The Labute approximate surface area is 213 Å². The maximum absolute atomic E-state index is 13.1. The minimum Gasteiger partial charge on any atom is -0.490 e. The van der Waals surface area contributed by atoms with Crippen LogP contribution < -0.4 is 9.64 Å². The monoisotopic (exact) mass is 489 g/mol. The Morgan fingerprint density at radius 1 is 0.972 bits per heavy atom. The second-order valence-corrected chi connectivity index (χ2v) is 9.71. The van der Waals surface area contributed by atoms with E-state index in [1.165, 1.54) is 11.1 Å². The summed E-state index contributed by atoms with van der Waals surface area (Å²) in [5.74, 6) is 0.998. The van der Waals surface area contributed by atoms with Gasteiger partial charge in [-0.15, -0.1) is 0 Å². The van der Waals surface area contributed by atoms with Gasteiger partial charge in [0.15, 0.2) is 0 Å². The SMILES string of the molecule is CN(Cc1ccoc1)Cc1cccc(OC2CCN(C(=O)c3ccc(N4CCOCC4)cc3)CC2)c1. The lowest BCUT2D eigenvalue weighted by atomic mass is 10.1. The second-order valence-electron chi connectivity index (χ2n) is 9.71. The molecule has 2 aliphatic heterocycles. The lowest BCUT2D eigenvalue weighted by molar-refractivity contribution is 0.0595.